The van der Waals surface area contributed by atoms with Gasteiger partial charge in [-0.1, -0.05) is 13.8 Å². The predicted octanol–water partition coefficient (Wildman–Crippen LogP) is 3.48. The van der Waals surface area contributed by atoms with Crippen LogP contribution in [-0.4, -0.2) is 33.9 Å². The molecule has 2 atom stereocenters. The average molecular weight is 396 g/mol. The third-order valence-electron chi connectivity index (χ3n) is 4.87. The molecule has 1 aliphatic rings. The van der Waals surface area contributed by atoms with Crippen molar-refractivity contribution in [1.29, 1.82) is 0 Å². The van der Waals surface area contributed by atoms with Crippen LogP contribution in [0.4, 0.5) is 0 Å². The van der Waals surface area contributed by atoms with Gasteiger partial charge in [0.2, 0.25) is 0 Å². The highest BCUT2D eigenvalue weighted by Crippen LogP contribution is 2.42. The summed E-state index contributed by atoms with van der Waals surface area (Å²) in [4.78, 5) is 16.5. The van der Waals surface area contributed by atoms with Gasteiger partial charge in [-0.3, -0.25) is 9.48 Å². The van der Waals surface area contributed by atoms with Gasteiger partial charge in [-0.05, 0) is 52.7 Å². The van der Waals surface area contributed by atoms with Gasteiger partial charge >= 0.3 is 5.97 Å². The minimum absolute atomic E-state index is 0.0137. The summed E-state index contributed by atoms with van der Waals surface area (Å²) in [7, 11) is 3.33. The highest BCUT2D eigenvalue weighted by Gasteiger charge is 2.42. The molecule has 3 rings (SSSR count). The molecular formula is C17H22BrN3O3. The molecular weight excluding hydrogens is 374 g/mol. The van der Waals surface area contributed by atoms with E-state index in [0.717, 1.165) is 34.9 Å². The van der Waals surface area contributed by atoms with Crippen LogP contribution < -0.4 is 4.74 Å². The number of aromatic nitrogens is 3. The fourth-order valence-corrected chi connectivity index (χ4v) is 3.88. The summed E-state index contributed by atoms with van der Waals surface area (Å²) in [6.07, 6.45) is 2.35. The maximum absolute atomic E-state index is 12.0. The van der Waals surface area contributed by atoms with Gasteiger partial charge < -0.3 is 9.47 Å². The topological polar surface area (TPSA) is 66.2 Å². The standard InChI is InChI=1S/C17H22BrN3O3/c1-17(2)9-10(5-6-11(17)16(22)23-4)24-15-14-12(21(3)20-15)7-8-13(18)19-14/h7-8,10-11H,5-6,9H2,1-4H3. The van der Waals surface area contributed by atoms with Crippen LogP contribution >= 0.6 is 15.9 Å². The van der Waals surface area contributed by atoms with Crippen LogP contribution in [0.5, 0.6) is 5.88 Å². The van der Waals surface area contributed by atoms with Crippen LogP contribution in [0.25, 0.3) is 11.0 Å². The summed E-state index contributed by atoms with van der Waals surface area (Å²) >= 11 is 3.40. The Kier molecular flexibility index (Phi) is 4.55. The zero-order valence-corrected chi connectivity index (χ0v) is 16.0. The lowest BCUT2D eigenvalue weighted by Crippen LogP contribution is -2.41. The van der Waals surface area contributed by atoms with Crippen molar-refractivity contribution < 1.29 is 14.3 Å². The molecule has 1 saturated carbocycles. The largest absolute Gasteiger partial charge is 0.472 e. The molecule has 0 radical (unpaired) electrons. The molecule has 0 aliphatic heterocycles. The molecule has 24 heavy (non-hydrogen) atoms. The average Bonchev–Trinajstić information content (AvgIpc) is 2.81. The van der Waals surface area contributed by atoms with Gasteiger partial charge in [0.1, 0.15) is 10.7 Å². The van der Waals surface area contributed by atoms with Crippen LogP contribution in [0, 0.1) is 11.3 Å². The Hall–Kier alpha value is -1.63. The molecule has 0 N–H and O–H groups in total. The highest BCUT2D eigenvalue weighted by atomic mass is 79.9. The monoisotopic (exact) mass is 395 g/mol. The number of fused-ring (bicyclic) bond motifs is 1. The van der Waals surface area contributed by atoms with E-state index < -0.39 is 0 Å². The molecule has 0 spiro atoms. The zero-order chi connectivity index (χ0) is 17.5. The van der Waals surface area contributed by atoms with E-state index in [1.165, 1.54) is 7.11 Å². The number of halogens is 1. The number of methoxy groups -OCH3 is 1. The third-order valence-corrected chi connectivity index (χ3v) is 5.31. The van der Waals surface area contributed by atoms with Crippen LogP contribution in [0.1, 0.15) is 33.1 Å². The number of hydrogen-bond donors (Lipinski definition) is 0. The molecule has 130 valence electrons. The van der Waals surface area contributed by atoms with Gasteiger partial charge in [-0.15, -0.1) is 5.10 Å². The number of aryl methyl sites for hydroxylation is 1. The van der Waals surface area contributed by atoms with E-state index in [0.29, 0.717) is 5.88 Å². The second-order valence-corrected chi connectivity index (χ2v) is 7.83. The fraction of sp³-hybridized carbons (Fsp3) is 0.588. The first-order chi connectivity index (χ1) is 11.3. The maximum Gasteiger partial charge on any atom is 0.309 e. The van der Waals surface area contributed by atoms with E-state index in [1.54, 1.807) is 4.68 Å². The summed E-state index contributed by atoms with van der Waals surface area (Å²) in [5, 5.41) is 4.46. The van der Waals surface area contributed by atoms with Crippen molar-refractivity contribution in [3.05, 3.63) is 16.7 Å². The van der Waals surface area contributed by atoms with Crippen molar-refractivity contribution in [1.82, 2.24) is 14.8 Å². The van der Waals surface area contributed by atoms with E-state index in [1.807, 2.05) is 19.2 Å². The molecule has 0 bridgehead atoms. The lowest BCUT2D eigenvalue weighted by atomic mass is 9.68. The number of rotatable bonds is 3. The normalized spacial score (nSPS) is 23.2. The molecule has 0 aromatic carbocycles. The van der Waals surface area contributed by atoms with Gasteiger partial charge in [0.15, 0.2) is 5.52 Å². The molecule has 0 amide bonds. The van der Waals surface area contributed by atoms with Crippen molar-refractivity contribution in [2.24, 2.45) is 18.4 Å². The molecule has 2 aromatic heterocycles. The van der Waals surface area contributed by atoms with Crippen molar-refractivity contribution in [3.8, 4) is 5.88 Å². The Morgan fingerprint density at radius 2 is 2.12 bits per heavy atom. The van der Waals surface area contributed by atoms with E-state index in [2.05, 4.69) is 39.9 Å². The Labute approximate surface area is 149 Å². The van der Waals surface area contributed by atoms with Crippen LogP contribution in [-0.2, 0) is 16.6 Å². The Morgan fingerprint density at radius 1 is 1.38 bits per heavy atom. The van der Waals surface area contributed by atoms with Crippen molar-refractivity contribution in [2.75, 3.05) is 7.11 Å². The summed E-state index contributed by atoms with van der Waals surface area (Å²) in [6, 6.07) is 3.85. The van der Waals surface area contributed by atoms with Gasteiger partial charge in [-0.2, -0.15) is 0 Å². The van der Waals surface area contributed by atoms with E-state index in [9.17, 15) is 4.79 Å². The van der Waals surface area contributed by atoms with E-state index in [4.69, 9.17) is 9.47 Å². The molecule has 2 aromatic rings. The molecule has 0 saturated heterocycles. The minimum atomic E-state index is -0.172. The van der Waals surface area contributed by atoms with Crippen LogP contribution in [0.15, 0.2) is 16.7 Å². The second kappa shape index (κ2) is 6.35. The Bertz CT molecular complexity index is 772. The van der Waals surface area contributed by atoms with Gasteiger partial charge in [0.05, 0.1) is 18.5 Å². The first-order valence-electron chi connectivity index (χ1n) is 8.05. The Balaban J connectivity index is 1.81. The lowest BCUT2D eigenvalue weighted by Gasteiger charge is -2.40. The second-order valence-electron chi connectivity index (χ2n) is 7.02. The van der Waals surface area contributed by atoms with Gasteiger partial charge in [-0.25, -0.2) is 4.98 Å². The summed E-state index contributed by atoms with van der Waals surface area (Å²) in [6.45, 7) is 4.19. The molecule has 2 heterocycles. The fourth-order valence-electron chi connectivity index (χ4n) is 3.58. The predicted molar refractivity (Wildman–Crippen MR) is 93.8 cm³/mol. The lowest BCUT2D eigenvalue weighted by molar-refractivity contribution is -0.152. The smallest absolute Gasteiger partial charge is 0.309 e. The number of carbonyl (C=O) groups is 1. The summed E-state index contributed by atoms with van der Waals surface area (Å²) in [5.74, 6) is 0.327. The van der Waals surface area contributed by atoms with Crippen molar-refractivity contribution in [2.45, 2.75) is 39.2 Å². The van der Waals surface area contributed by atoms with Crippen molar-refractivity contribution >= 4 is 32.9 Å². The number of carbonyl (C=O) groups excluding carboxylic acids is 1. The molecule has 2 unspecified atom stereocenters. The quantitative estimate of drug-likeness (QED) is 0.587. The number of nitrogens with zero attached hydrogens (tertiary/aromatic N) is 3. The van der Waals surface area contributed by atoms with E-state index in [-0.39, 0.29) is 23.4 Å². The van der Waals surface area contributed by atoms with E-state index >= 15 is 0 Å². The minimum Gasteiger partial charge on any atom is -0.472 e. The first kappa shape index (κ1) is 17.2. The molecule has 1 aliphatic carbocycles. The number of ether oxygens (including phenoxy) is 2. The van der Waals surface area contributed by atoms with Gasteiger partial charge in [0.25, 0.3) is 5.88 Å². The highest BCUT2D eigenvalue weighted by molar-refractivity contribution is 9.10. The maximum atomic E-state index is 12.0. The molecule has 7 heteroatoms. The van der Waals surface area contributed by atoms with Crippen molar-refractivity contribution in [3.63, 3.8) is 0 Å². The number of hydrogen-bond acceptors (Lipinski definition) is 5. The zero-order valence-electron chi connectivity index (χ0n) is 14.4. The van der Waals surface area contributed by atoms with Crippen LogP contribution in [0.3, 0.4) is 0 Å². The Morgan fingerprint density at radius 3 is 2.79 bits per heavy atom. The first-order valence-corrected chi connectivity index (χ1v) is 8.85. The molecule has 6 nitrogen and oxygen atoms in total. The number of pyridine rings is 1. The van der Waals surface area contributed by atoms with Crippen LogP contribution in [0.2, 0.25) is 0 Å². The summed E-state index contributed by atoms with van der Waals surface area (Å²) < 4.78 is 13.6. The number of esters is 1. The summed E-state index contributed by atoms with van der Waals surface area (Å²) in [5.41, 5.74) is 1.50. The SMILES string of the molecule is COC(=O)C1CCC(Oc2nn(C)c3ccc(Br)nc23)CC1(C)C. The van der Waals surface area contributed by atoms with Gasteiger partial charge in [0, 0.05) is 7.05 Å². The third kappa shape index (κ3) is 3.14. The molecule has 1 fully saturated rings.